The fourth-order valence-electron chi connectivity index (χ4n) is 1.93. The molecular formula is C16H20FNO2. The Labute approximate surface area is 118 Å². The second-order valence-corrected chi connectivity index (χ2v) is 4.71. The first-order chi connectivity index (χ1) is 9.75. The zero-order valence-corrected chi connectivity index (χ0v) is 11.6. The standard InChI is InChI=1S/C16H20FNO2/c1-13(14-5-7-15(17)8-6-14)18-9-3-10-19-12-16-4-2-11-20-16/h2,4-8,11,13,18H,3,9-10,12H2,1H3. The molecule has 1 atom stereocenters. The number of nitrogens with one attached hydrogen (secondary N) is 1. The van der Waals surface area contributed by atoms with E-state index < -0.39 is 0 Å². The summed E-state index contributed by atoms with van der Waals surface area (Å²) in [4.78, 5) is 0. The van der Waals surface area contributed by atoms with Crippen LogP contribution in [0, 0.1) is 5.82 Å². The molecule has 108 valence electrons. The summed E-state index contributed by atoms with van der Waals surface area (Å²) in [6.07, 6.45) is 2.57. The van der Waals surface area contributed by atoms with E-state index in [1.54, 1.807) is 18.4 Å². The van der Waals surface area contributed by atoms with Crippen molar-refractivity contribution in [3.8, 4) is 0 Å². The van der Waals surface area contributed by atoms with Crippen LogP contribution in [0.5, 0.6) is 0 Å². The zero-order chi connectivity index (χ0) is 14.2. The predicted molar refractivity (Wildman–Crippen MR) is 75.8 cm³/mol. The van der Waals surface area contributed by atoms with E-state index in [9.17, 15) is 4.39 Å². The van der Waals surface area contributed by atoms with Crippen molar-refractivity contribution in [3.63, 3.8) is 0 Å². The zero-order valence-electron chi connectivity index (χ0n) is 11.6. The van der Waals surface area contributed by atoms with Gasteiger partial charge in [0.2, 0.25) is 0 Å². The molecule has 0 saturated carbocycles. The van der Waals surface area contributed by atoms with Gasteiger partial charge < -0.3 is 14.5 Å². The molecule has 2 rings (SSSR count). The maximum absolute atomic E-state index is 12.8. The van der Waals surface area contributed by atoms with E-state index in [2.05, 4.69) is 12.2 Å². The van der Waals surface area contributed by atoms with Gasteiger partial charge in [0, 0.05) is 12.6 Å². The Morgan fingerprint density at radius 2 is 2.05 bits per heavy atom. The lowest BCUT2D eigenvalue weighted by molar-refractivity contribution is 0.104. The largest absolute Gasteiger partial charge is 0.467 e. The van der Waals surface area contributed by atoms with E-state index in [1.165, 1.54) is 12.1 Å². The Morgan fingerprint density at radius 1 is 1.25 bits per heavy atom. The number of benzene rings is 1. The summed E-state index contributed by atoms with van der Waals surface area (Å²) in [5.41, 5.74) is 1.09. The van der Waals surface area contributed by atoms with Crippen LogP contribution in [-0.2, 0) is 11.3 Å². The third-order valence-corrected chi connectivity index (χ3v) is 3.11. The summed E-state index contributed by atoms with van der Waals surface area (Å²) < 4.78 is 23.5. The fourth-order valence-corrected chi connectivity index (χ4v) is 1.93. The van der Waals surface area contributed by atoms with Crippen LogP contribution in [0.25, 0.3) is 0 Å². The Hall–Kier alpha value is -1.65. The molecule has 1 N–H and O–H groups in total. The molecule has 1 unspecified atom stereocenters. The minimum Gasteiger partial charge on any atom is -0.467 e. The maximum Gasteiger partial charge on any atom is 0.129 e. The highest BCUT2D eigenvalue weighted by molar-refractivity contribution is 5.19. The number of hydrogen-bond acceptors (Lipinski definition) is 3. The average Bonchev–Trinajstić information content (AvgIpc) is 2.96. The van der Waals surface area contributed by atoms with Crippen LogP contribution in [0.3, 0.4) is 0 Å². The van der Waals surface area contributed by atoms with Gasteiger partial charge in [0.1, 0.15) is 18.2 Å². The van der Waals surface area contributed by atoms with Gasteiger partial charge in [-0.1, -0.05) is 12.1 Å². The van der Waals surface area contributed by atoms with Gasteiger partial charge in [-0.25, -0.2) is 4.39 Å². The average molecular weight is 277 g/mol. The molecule has 0 aliphatic carbocycles. The first kappa shape index (κ1) is 14.8. The minimum absolute atomic E-state index is 0.202. The predicted octanol–water partition coefficient (Wildman–Crippen LogP) is 3.68. The van der Waals surface area contributed by atoms with Crippen LogP contribution in [0.2, 0.25) is 0 Å². The molecule has 2 aromatic rings. The van der Waals surface area contributed by atoms with Gasteiger partial charge in [0.25, 0.3) is 0 Å². The van der Waals surface area contributed by atoms with Crippen LogP contribution in [-0.4, -0.2) is 13.2 Å². The normalized spacial score (nSPS) is 12.5. The molecule has 0 radical (unpaired) electrons. The smallest absolute Gasteiger partial charge is 0.129 e. The van der Waals surface area contributed by atoms with E-state index >= 15 is 0 Å². The van der Waals surface area contributed by atoms with E-state index in [0.29, 0.717) is 13.2 Å². The van der Waals surface area contributed by atoms with Crippen molar-refractivity contribution in [2.24, 2.45) is 0 Å². The van der Waals surface area contributed by atoms with Crippen LogP contribution in [0.4, 0.5) is 4.39 Å². The van der Waals surface area contributed by atoms with Crippen molar-refractivity contribution in [1.82, 2.24) is 5.32 Å². The van der Waals surface area contributed by atoms with Gasteiger partial charge in [-0.15, -0.1) is 0 Å². The van der Waals surface area contributed by atoms with Crippen molar-refractivity contribution in [3.05, 3.63) is 59.8 Å². The van der Waals surface area contributed by atoms with Crippen molar-refractivity contribution in [2.45, 2.75) is 26.0 Å². The van der Waals surface area contributed by atoms with Crippen molar-refractivity contribution in [1.29, 1.82) is 0 Å². The lowest BCUT2D eigenvalue weighted by Gasteiger charge is -2.14. The third-order valence-electron chi connectivity index (χ3n) is 3.11. The second-order valence-electron chi connectivity index (χ2n) is 4.71. The molecule has 3 nitrogen and oxygen atoms in total. The Balaban J connectivity index is 1.57. The molecule has 0 saturated heterocycles. The van der Waals surface area contributed by atoms with Gasteiger partial charge >= 0.3 is 0 Å². The first-order valence-electron chi connectivity index (χ1n) is 6.84. The molecule has 0 spiro atoms. The topological polar surface area (TPSA) is 34.4 Å². The summed E-state index contributed by atoms with van der Waals surface area (Å²) in [5.74, 6) is 0.643. The third kappa shape index (κ3) is 4.79. The molecule has 0 fully saturated rings. The molecule has 0 aliphatic rings. The Bertz CT molecular complexity index is 482. The van der Waals surface area contributed by atoms with Crippen LogP contribution >= 0.6 is 0 Å². The van der Waals surface area contributed by atoms with Crippen LogP contribution < -0.4 is 5.32 Å². The van der Waals surface area contributed by atoms with Gasteiger partial charge in [0.05, 0.1) is 6.26 Å². The highest BCUT2D eigenvalue weighted by Crippen LogP contribution is 2.12. The molecule has 1 heterocycles. The number of halogens is 1. The SMILES string of the molecule is CC(NCCCOCc1ccco1)c1ccc(F)cc1. The van der Waals surface area contributed by atoms with Gasteiger partial charge in [0.15, 0.2) is 0 Å². The van der Waals surface area contributed by atoms with Gasteiger partial charge in [-0.2, -0.15) is 0 Å². The van der Waals surface area contributed by atoms with Gasteiger partial charge in [-0.3, -0.25) is 0 Å². The highest BCUT2D eigenvalue weighted by Gasteiger charge is 2.04. The van der Waals surface area contributed by atoms with Crippen LogP contribution in [0.15, 0.2) is 47.1 Å². The Kier molecular flexibility index (Phi) is 5.77. The summed E-state index contributed by atoms with van der Waals surface area (Å²) in [6.45, 7) is 4.12. The van der Waals surface area contributed by atoms with Gasteiger partial charge in [-0.05, 0) is 49.7 Å². The maximum atomic E-state index is 12.8. The number of ether oxygens (including phenoxy) is 1. The van der Waals surface area contributed by atoms with E-state index in [1.807, 2.05) is 12.1 Å². The molecule has 4 heteroatoms. The molecule has 0 amide bonds. The van der Waals surface area contributed by atoms with Crippen molar-refractivity contribution >= 4 is 0 Å². The molecule has 1 aromatic carbocycles. The monoisotopic (exact) mass is 277 g/mol. The lowest BCUT2D eigenvalue weighted by atomic mass is 10.1. The van der Waals surface area contributed by atoms with E-state index in [4.69, 9.17) is 9.15 Å². The molecule has 0 aliphatic heterocycles. The van der Waals surface area contributed by atoms with Crippen LogP contribution in [0.1, 0.15) is 30.7 Å². The summed E-state index contributed by atoms with van der Waals surface area (Å²) in [6, 6.07) is 10.5. The summed E-state index contributed by atoms with van der Waals surface area (Å²) in [7, 11) is 0. The van der Waals surface area contributed by atoms with E-state index in [0.717, 1.165) is 24.3 Å². The van der Waals surface area contributed by atoms with E-state index in [-0.39, 0.29) is 11.9 Å². The first-order valence-corrected chi connectivity index (χ1v) is 6.84. The second kappa shape index (κ2) is 7.82. The summed E-state index contributed by atoms with van der Waals surface area (Å²) >= 11 is 0. The lowest BCUT2D eigenvalue weighted by Crippen LogP contribution is -2.20. The molecular weight excluding hydrogens is 257 g/mol. The summed E-state index contributed by atoms with van der Waals surface area (Å²) in [5, 5.41) is 3.39. The quantitative estimate of drug-likeness (QED) is 0.747. The number of rotatable bonds is 8. The highest BCUT2D eigenvalue weighted by atomic mass is 19.1. The molecule has 1 aromatic heterocycles. The van der Waals surface area contributed by atoms with Crippen molar-refractivity contribution < 1.29 is 13.5 Å². The van der Waals surface area contributed by atoms with Crippen molar-refractivity contribution in [2.75, 3.05) is 13.2 Å². The Morgan fingerprint density at radius 3 is 2.75 bits per heavy atom. The minimum atomic E-state index is -0.202. The number of hydrogen-bond donors (Lipinski definition) is 1. The molecule has 20 heavy (non-hydrogen) atoms. The molecule has 0 bridgehead atoms. The number of furan rings is 1. The fraction of sp³-hybridized carbons (Fsp3) is 0.375.